The van der Waals surface area contributed by atoms with E-state index >= 15 is 0 Å². The van der Waals surface area contributed by atoms with Gasteiger partial charge < -0.3 is 5.32 Å². The predicted molar refractivity (Wildman–Crippen MR) is 102 cm³/mol. The van der Waals surface area contributed by atoms with Crippen LogP contribution in [0.3, 0.4) is 0 Å². The van der Waals surface area contributed by atoms with Gasteiger partial charge in [-0.3, -0.25) is 14.9 Å². The summed E-state index contributed by atoms with van der Waals surface area (Å²) >= 11 is 0. The van der Waals surface area contributed by atoms with Gasteiger partial charge in [0.15, 0.2) is 5.37 Å². The zero-order valence-corrected chi connectivity index (χ0v) is 15.7. The number of carbonyl (C=O) groups is 1. The summed E-state index contributed by atoms with van der Waals surface area (Å²) in [5, 5.41) is 1.50. The number of sulfonamides is 1. The first-order valence-electron chi connectivity index (χ1n) is 8.40. The van der Waals surface area contributed by atoms with Gasteiger partial charge in [0, 0.05) is 17.9 Å². The highest BCUT2D eigenvalue weighted by molar-refractivity contribution is 7.93. The molecule has 144 valence electrons. The molecule has 2 atom stereocenters. The molecule has 2 aromatic rings. The van der Waals surface area contributed by atoms with E-state index in [1.54, 1.807) is 31.2 Å². The summed E-state index contributed by atoms with van der Waals surface area (Å²) in [6.45, 7) is 3.63. The van der Waals surface area contributed by atoms with Crippen LogP contribution in [0.15, 0.2) is 42.5 Å². The molecule has 2 aromatic carbocycles. The van der Waals surface area contributed by atoms with Crippen molar-refractivity contribution in [2.24, 2.45) is 5.92 Å². The Balaban J connectivity index is 1.74. The standard InChI is InChI=1S/C18H21FN4O3S/c1-11-3-5-13(6-4-11)23-27(25,26)18-15(10-20-22-18)17(24)21-14-7-8-16(19)12(2)9-14/h3-9,15,18,20,22-23H,10H2,1-2H3,(H,21,24). The molecule has 0 aromatic heterocycles. The molecule has 0 bridgehead atoms. The van der Waals surface area contributed by atoms with Crippen LogP contribution in [0.1, 0.15) is 11.1 Å². The number of hydrogen-bond donors (Lipinski definition) is 4. The first-order valence-corrected chi connectivity index (χ1v) is 9.94. The number of halogens is 1. The molecule has 4 N–H and O–H groups in total. The minimum atomic E-state index is -3.87. The molecule has 1 amide bonds. The fraction of sp³-hybridized carbons (Fsp3) is 0.278. The molecule has 0 saturated carbocycles. The molecule has 2 unspecified atom stereocenters. The lowest BCUT2D eigenvalue weighted by molar-refractivity contribution is -0.119. The monoisotopic (exact) mass is 392 g/mol. The maximum atomic E-state index is 13.4. The summed E-state index contributed by atoms with van der Waals surface area (Å²) in [5.41, 5.74) is 7.59. The number of amides is 1. The van der Waals surface area contributed by atoms with Crippen LogP contribution in [0.4, 0.5) is 15.8 Å². The summed E-state index contributed by atoms with van der Waals surface area (Å²) < 4.78 is 41.3. The van der Waals surface area contributed by atoms with Gasteiger partial charge in [-0.15, -0.1) is 0 Å². The molecule has 27 heavy (non-hydrogen) atoms. The Morgan fingerprint density at radius 2 is 1.78 bits per heavy atom. The number of aryl methyl sites for hydroxylation is 2. The van der Waals surface area contributed by atoms with Crippen molar-refractivity contribution in [3.8, 4) is 0 Å². The number of rotatable bonds is 5. The minimum Gasteiger partial charge on any atom is -0.326 e. The van der Waals surface area contributed by atoms with Crippen LogP contribution in [-0.2, 0) is 14.8 Å². The van der Waals surface area contributed by atoms with Crippen LogP contribution in [0, 0.1) is 25.6 Å². The Bertz CT molecular complexity index is 948. The third-order valence-corrected chi connectivity index (χ3v) is 5.98. The third kappa shape index (κ3) is 4.44. The van der Waals surface area contributed by atoms with Crippen LogP contribution >= 0.6 is 0 Å². The van der Waals surface area contributed by atoms with E-state index in [-0.39, 0.29) is 12.4 Å². The van der Waals surface area contributed by atoms with Crippen LogP contribution in [0.25, 0.3) is 0 Å². The highest BCUT2D eigenvalue weighted by Gasteiger charge is 2.41. The molecular weight excluding hydrogens is 371 g/mol. The molecule has 1 saturated heterocycles. The molecule has 1 aliphatic rings. The zero-order chi connectivity index (χ0) is 19.6. The summed E-state index contributed by atoms with van der Waals surface area (Å²) in [7, 11) is -3.87. The number of carbonyl (C=O) groups excluding carboxylic acids is 1. The van der Waals surface area contributed by atoms with Crippen molar-refractivity contribution in [2.45, 2.75) is 19.2 Å². The maximum Gasteiger partial charge on any atom is 0.250 e. The van der Waals surface area contributed by atoms with Gasteiger partial charge in [-0.1, -0.05) is 17.7 Å². The SMILES string of the molecule is Cc1ccc(NS(=O)(=O)C2NNCC2C(=O)Nc2ccc(F)c(C)c2)cc1. The van der Waals surface area contributed by atoms with E-state index in [9.17, 15) is 17.6 Å². The number of hydrazine groups is 1. The summed E-state index contributed by atoms with van der Waals surface area (Å²) in [6.07, 6.45) is 0. The largest absolute Gasteiger partial charge is 0.326 e. The van der Waals surface area contributed by atoms with Gasteiger partial charge in [0.1, 0.15) is 5.82 Å². The Labute approximate surface area is 157 Å². The fourth-order valence-corrected chi connectivity index (χ4v) is 4.29. The Kier molecular flexibility index (Phi) is 5.45. The van der Waals surface area contributed by atoms with Crippen LogP contribution in [0.5, 0.6) is 0 Å². The molecule has 0 spiro atoms. The van der Waals surface area contributed by atoms with E-state index in [2.05, 4.69) is 20.9 Å². The van der Waals surface area contributed by atoms with Gasteiger partial charge in [0.05, 0.1) is 5.92 Å². The second-order valence-corrected chi connectivity index (χ2v) is 8.32. The maximum absolute atomic E-state index is 13.4. The van der Waals surface area contributed by atoms with Gasteiger partial charge in [-0.25, -0.2) is 18.2 Å². The molecular formula is C18H21FN4O3S. The summed E-state index contributed by atoms with van der Waals surface area (Å²) in [4.78, 5) is 12.6. The Morgan fingerprint density at radius 1 is 1.11 bits per heavy atom. The quantitative estimate of drug-likeness (QED) is 0.623. The first kappa shape index (κ1) is 19.3. The van der Waals surface area contributed by atoms with Gasteiger partial charge in [0.2, 0.25) is 5.91 Å². The molecule has 1 aliphatic heterocycles. The van der Waals surface area contributed by atoms with Crippen LogP contribution in [0.2, 0.25) is 0 Å². The minimum absolute atomic E-state index is 0.144. The van der Waals surface area contributed by atoms with Crippen molar-refractivity contribution in [3.63, 3.8) is 0 Å². The highest BCUT2D eigenvalue weighted by atomic mass is 32.2. The second-order valence-electron chi connectivity index (χ2n) is 6.52. The van der Waals surface area contributed by atoms with Gasteiger partial charge in [-0.05, 0) is 49.7 Å². The summed E-state index contributed by atoms with van der Waals surface area (Å²) in [5.74, 6) is -1.71. The second kappa shape index (κ2) is 7.63. The number of benzene rings is 2. The molecule has 0 radical (unpaired) electrons. The molecule has 0 aliphatic carbocycles. The molecule has 1 fully saturated rings. The molecule has 3 rings (SSSR count). The zero-order valence-electron chi connectivity index (χ0n) is 14.9. The Morgan fingerprint density at radius 3 is 2.44 bits per heavy atom. The molecule has 7 nitrogen and oxygen atoms in total. The number of anilines is 2. The van der Waals surface area contributed by atoms with E-state index in [0.717, 1.165) is 5.56 Å². The van der Waals surface area contributed by atoms with E-state index in [1.807, 2.05) is 6.92 Å². The third-order valence-electron chi connectivity index (χ3n) is 4.34. The summed E-state index contributed by atoms with van der Waals surface area (Å²) in [6, 6.07) is 11.1. The van der Waals surface area contributed by atoms with E-state index in [4.69, 9.17) is 0 Å². The van der Waals surface area contributed by atoms with Crippen molar-refractivity contribution >= 4 is 27.3 Å². The first-order chi connectivity index (χ1) is 12.8. The average molecular weight is 392 g/mol. The number of hydrogen-bond acceptors (Lipinski definition) is 5. The topological polar surface area (TPSA) is 99.3 Å². The van der Waals surface area contributed by atoms with Gasteiger partial charge in [-0.2, -0.15) is 0 Å². The lowest BCUT2D eigenvalue weighted by Crippen LogP contribution is -2.45. The lowest BCUT2D eigenvalue weighted by Gasteiger charge is -2.19. The highest BCUT2D eigenvalue weighted by Crippen LogP contribution is 2.21. The normalized spacial score (nSPS) is 19.7. The smallest absolute Gasteiger partial charge is 0.250 e. The van der Waals surface area contributed by atoms with Crippen molar-refractivity contribution in [2.75, 3.05) is 16.6 Å². The molecule has 9 heteroatoms. The van der Waals surface area contributed by atoms with Crippen molar-refractivity contribution < 1.29 is 17.6 Å². The van der Waals surface area contributed by atoms with Gasteiger partial charge >= 0.3 is 0 Å². The van der Waals surface area contributed by atoms with Crippen LogP contribution < -0.4 is 20.9 Å². The van der Waals surface area contributed by atoms with Crippen molar-refractivity contribution in [1.29, 1.82) is 0 Å². The van der Waals surface area contributed by atoms with E-state index in [0.29, 0.717) is 16.9 Å². The van der Waals surface area contributed by atoms with Crippen molar-refractivity contribution in [1.82, 2.24) is 10.9 Å². The van der Waals surface area contributed by atoms with Crippen LogP contribution in [-0.4, -0.2) is 26.2 Å². The lowest BCUT2D eigenvalue weighted by atomic mass is 10.1. The predicted octanol–water partition coefficient (Wildman–Crippen LogP) is 1.87. The van der Waals surface area contributed by atoms with E-state index < -0.39 is 27.2 Å². The Hall–Kier alpha value is -2.49. The van der Waals surface area contributed by atoms with E-state index in [1.165, 1.54) is 18.2 Å². The fourth-order valence-electron chi connectivity index (χ4n) is 2.81. The van der Waals surface area contributed by atoms with Crippen molar-refractivity contribution in [3.05, 3.63) is 59.4 Å². The average Bonchev–Trinajstić information content (AvgIpc) is 3.11. The number of nitrogens with one attached hydrogen (secondary N) is 4. The molecule has 1 heterocycles. The van der Waals surface area contributed by atoms with Gasteiger partial charge in [0.25, 0.3) is 10.0 Å².